The normalized spacial score (nSPS) is 11.3. The minimum atomic E-state index is -4.43. The Morgan fingerprint density at radius 3 is 2.28 bits per heavy atom. The van der Waals surface area contributed by atoms with Gasteiger partial charge in [0, 0.05) is 0 Å². The van der Waals surface area contributed by atoms with Gasteiger partial charge in [0.15, 0.2) is 0 Å². The van der Waals surface area contributed by atoms with Crippen molar-refractivity contribution >= 4 is 17.2 Å². The summed E-state index contributed by atoms with van der Waals surface area (Å²) in [6, 6.07) is 5.44. The highest BCUT2D eigenvalue weighted by molar-refractivity contribution is 5.56. The first-order valence-electron chi connectivity index (χ1n) is 4.97. The molecule has 4 nitrogen and oxygen atoms in total. The first kappa shape index (κ1) is 12.2. The molecule has 3 N–H and O–H groups in total. The number of nitrogens with one attached hydrogen (secondary N) is 1. The molecule has 94 valence electrons. The van der Waals surface area contributed by atoms with E-state index in [0.29, 0.717) is 17.2 Å². The Morgan fingerprint density at radius 1 is 1.00 bits per heavy atom. The minimum absolute atomic E-state index is 0.417. The second-order valence-electron chi connectivity index (χ2n) is 3.53. The monoisotopic (exact) mass is 254 g/mol. The second kappa shape index (κ2) is 4.52. The lowest BCUT2D eigenvalue weighted by Gasteiger charge is -2.08. The Kier molecular flexibility index (Phi) is 3.05. The van der Waals surface area contributed by atoms with Crippen LogP contribution in [-0.4, -0.2) is 9.97 Å². The van der Waals surface area contributed by atoms with E-state index in [0.717, 1.165) is 12.3 Å². The van der Waals surface area contributed by atoms with Gasteiger partial charge in [-0.05, 0) is 24.3 Å². The standard InChI is InChI=1S/C11H9F3N4/c12-11(13,14)9-3-2-8(6-16-9)18-10-4-1-7(15)5-17-10/h1-6H,15H2,(H,17,18). The average Bonchev–Trinajstić information content (AvgIpc) is 2.32. The summed E-state index contributed by atoms with van der Waals surface area (Å²) in [6.45, 7) is 0. The van der Waals surface area contributed by atoms with Crippen molar-refractivity contribution in [3.05, 3.63) is 42.4 Å². The number of halogens is 3. The van der Waals surface area contributed by atoms with E-state index in [9.17, 15) is 13.2 Å². The van der Waals surface area contributed by atoms with Crippen LogP contribution in [0.2, 0.25) is 0 Å². The SMILES string of the molecule is Nc1ccc(Nc2ccc(C(F)(F)F)nc2)nc1. The van der Waals surface area contributed by atoms with E-state index in [-0.39, 0.29) is 0 Å². The van der Waals surface area contributed by atoms with E-state index in [1.165, 1.54) is 12.3 Å². The van der Waals surface area contributed by atoms with Crippen molar-refractivity contribution in [1.82, 2.24) is 9.97 Å². The molecule has 0 radical (unpaired) electrons. The number of nitrogens with zero attached hydrogens (tertiary/aromatic N) is 2. The molecule has 0 bridgehead atoms. The summed E-state index contributed by atoms with van der Waals surface area (Å²) < 4.78 is 36.8. The van der Waals surface area contributed by atoms with Crippen LogP contribution in [0.4, 0.5) is 30.4 Å². The molecule has 0 saturated heterocycles. The van der Waals surface area contributed by atoms with Gasteiger partial charge in [0.2, 0.25) is 0 Å². The van der Waals surface area contributed by atoms with Crippen molar-refractivity contribution in [2.45, 2.75) is 6.18 Å². The lowest BCUT2D eigenvalue weighted by atomic mass is 10.3. The second-order valence-corrected chi connectivity index (χ2v) is 3.53. The van der Waals surface area contributed by atoms with Gasteiger partial charge in [0.05, 0.1) is 23.8 Å². The number of rotatable bonds is 2. The molecule has 0 saturated carbocycles. The Hall–Kier alpha value is -2.31. The van der Waals surface area contributed by atoms with Gasteiger partial charge in [-0.3, -0.25) is 0 Å². The van der Waals surface area contributed by atoms with E-state index in [1.54, 1.807) is 12.1 Å². The van der Waals surface area contributed by atoms with E-state index < -0.39 is 11.9 Å². The Bertz CT molecular complexity index is 519. The molecule has 0 aliphatic heterocycles. The predicted molar refractivity (Wildman–Crippen MR) is 61.2 cm³/mol. The van der Waals surface area contributed by atoms with Crippen LogP contribution < -0.4 is 11.1 Å². The highest BCUT2D eigenvalue weighted by Crippen LogP contribution is 2.28. The zero-order chi connectivity index (χ0) is 13.2. The predicted octanol–water partition coefficient (Wildman–Crippen LogP) is 2.82. The minimum Gasteiger partial charge on any atom is -0.397 e. The summed E-state index contributed by atoms with van der Waals surface area (Å²) in [7, 11) is 0. The van der Waals surface area contributed by atoms with Crippen LogP contribution in [0.15, 0.2) is 36.7 Å². The quantitative estimate of drug-likeness (QED) is 0.864. The van der Waals surface area contributed by atoms with Crippen LogP contribution in [0.3, 0.4) is 0 Å². The molecule has 0 spiro atoms. The van der Waals surface area contributed by atoms with Gasteiger partial charge in [-0.2, -0.15) is 13.2 Å². The molecule has 7 heteroatoms. The fourth-order valence-corrected chi connectivity index (χ4v) is 1.26. The van der Waals surface area contributed by atoms with Crippen LogP contribution in [0, 0.1) is 0 Å². The Balaban J connectivity index is 2.13. The van der Waals surface area contributed by atoms with Crippen molar-refractivity contribution in [2.24, 2.45) is 0 Å². The van der Waals surface area contributed by atoms with Crippen molar-refractivity contribution in [2.75, 3.05) is 11.1 Å². The summed E-state index contributed by atoms with van der Waals surface area (Å²) in [5, 5.41) is 2.81. The molecular formula is C11H9F3N4. The molecule has 18 heavy (non-hydrogen) atoms. The van der Waals surface area contributed by atoms with E-state index in [4.69, 9.17) is 5.73 Å². The summed E-state index contributed by atoms with van der Waals surface area (Å²) >= 11 is 0. The molecule has 2 rings (SSSR count). The third-order valence-corrected chi connectivity index (χ3v) is 2.11. The van der Waals surface area contributed by atoms with E-state index >= 15 is 0 Å². The highest BCUT2D eigenvalue weighted by atomic mass is 19.4. The molecule has 0 aliphatic rings. The van der Waals surface area contributed by atoms with Gasteiger partial charge in [-0.1, -0.05) is 0 Å². The number of anilines is 3. The summed E-state index contributed by atoms with van der Waals surface area (Å²) in [6.07, 6.45) is -1.89. The number of aromatic nitrogens is 2. The van der Waals surface area contributed by atoms with Gasteiger partial charge in [-0.25, -0.2) is 9.97 Å². The summed E-state index contributed by atoms with van der Waals surface area (Å²) in [5.74, 6) is 0.478. The smallest absolute Gasteiger partial charge is 0.397 e. The number of hydrogen-bond acceptors (Lipinski definition) is 4. The molecule has 0 atom stereocenters. The van der Waals surface area contributed by atoms with Gasteiger partial charge in [-0.15, -0.1) is 0 Å². The number of pyridine rings is 2. The fourth-order valence-electron chi connectivity index (χ4n) is 1.26. The van der Waals surface area contributed by atoms with Gasteiger partial charge in [0.1, 0.15) is 11.5 Å². The first-order chi connectivity index (χ1) is 8.45. The third kappa shape index (κ3) is 2.88. The van der Waals surface area contributed by atoms with Crippen LogP contribution in [0.25, 0.3) is 0 Å². The van der Waals surface area contributed by atoms with Crippen LogP contribution >= 0.6 is 0 Å². The van der Waals surface area contributed by atoms with Gasteiger partial charge < -0.3 is 11.1 Å². The summed E-state index contributed by atoms with van der Waals surface area (Å²) in [4.78, 5) is 7.28. The maximum absolute atomic E-state index is 12.3. The third-order valence-electron chi connectivity index (χ3n) is 2.11. The molecule has 2 aromatic heterocycles. The van der Waals surface area contributed by atoms with E-state index in [1.807, 2.05) is 0 Å². The lowest BCUT2D eigenvalue weighted by Crippen LogP contribution is -2.07. The van der Waals surface area contributed by atoms with E-state index in [2.05, 4.69) is 15.3 Å². The maximum Gasteiger partial charge on any atom is 0.433 e. The summed E-state index contributed by atoms with van der Waals surface area (Å²) in [5.41, 5.74) is 5.45. The van der Waals surface area contributed by atoms with Crippen LogP contribution in [0.5, 0.6) is 0 Å². The van der Waals surface area contributed by atoms with Crippen molar-refractivity contribution in [3.63, 3.8) is 0 Å². The lowest BCUT2D eigenvalue weighted by molar-refractivity contribution is -0.141. The van der Waals surface area contributed by atoms with Crippen molar-refractivity contribution in [3.8, 4) is 0 Å². The molecule has 0 amide bonds. The molecular weight excluding hydrogens is 245 g/mol. The van der Waals surface area contributed by atoms with Gasteiger partial charge >= 0.3 is 6.18 Å². The van der Waals surface area contributed by atoms with Crippen LogP contribution in [0.1, 0.15) is 5.69 Å². The number of alkyl halides is 3. The highest BCUT2D eigenvalue weighted by Gasteiger charge is 2.31. The largest absolute Gasteiger partial charge is 0.433 e. The van der Waals surface area contributed by atoms with Gasteiger partial charge in [0.25, 0.3) is 0 Å². The number of nitrogen functional groups attached to an aromatic ring is 1. The van der Waals surface area contributed by atoms with Crippen molar-refractivity contribution in [1.29, 1.82) is 0 Å². The number of nitrogens with two attached hydrogens (primary N) is 1. The average molecular weight is 254 g/mol. The zero-order valence-electron chi connectivity index (χ0n) is 9.07. The number of hydrogen-bond donors (Lipinski definition) is 2. The molecule has 2 aromatic rings. The topological polar surface area (TPSA) is 63.8 Å². The molecule has 0 aromatic carbocycles. The van der Waals surface area contributed by atoms with Crippen LogP contribution in [-0.2, 0) is 6.18 Å². The maximum atomic E-state index is 12.3. The molecule has 0 unspecified atom stereocenters. The first-order valence-corrected chi connectivity index (χ1v) is 4.97. The fraction of sp³-hybridized carbons (Fsp3) is 0.0909. The Morgan fingerprint density at radius 2 is 1.78 bits per heavy atom. The Labute approximate surface area is 101 Å². The van der Waals surface area contributed by atoms with Crippen molar-refractivity contribution < 1.29 is 13.2 Å². The molecule has 0 aliphatic carbocycles. The molecule has 2 heterocycles. The molecule has 0 fully saturated rings. The zero-order valence-corrected chi connectivity index (χ0v) is 9.07.